The normalized spacial score (nSPS) is 10.3. The molecular formula is C18H23NO. The molecule has 20 heavy (non-hydrogen) atoms. The third-order valence-corrected chi connectivity index (χ3v) is 3.31. The lowest BCUT2D eigenvalue weighted by Gasteiger charge is -2.11. The maximum atomic E-state index is 5.71. The van der Waals surface area contributed by atoms with Gasteiger partial charge in [0.25, 0.3) is 0 Å². The van der Waals surface area contributed by atoms with Crippen molar-refractivity contribution in [3.8, 4) is 5.75 Å². The largest absolute Gasteiger partial charge is 0.494 e. The van der Waals surface area contributed by atoms with E-state index in [4.69, 9.17) is 4.74 Å². The Balaban J connectivity index is 1.70. The second kappa shape index (κ2) is 6.99. The second-order valence-electron chi connectivity index (χ2n) is 5.26. The Hall–Kier alpha value is -1.96. The van der Waals surface area contributed by atoms with Crippen LogP contribution in [0.15, 0.2) is 42.5 Å². The number of ether oxygens (including phenoxy) is 1. The summed E-state index contributed by atoms with van der Waals surface area (Å²) in [5.74, 6) is 0.946. The molecule has 0 spiro atoms. The highest BCUT2D eigenvalue weighted by molar-refractivity contribution is 5.51. The van der Waals surface area contributed by atoms with E-state index in [-0.39, 0.29) is 0 Å². The lowest BCUT2D eigenvalue weighted by Crippen LogP contribution is -2.08. The first-order valence-corrected chi connectivity index (χ1v) is 7.16. The van der Waals surface area contributed by atoms with Gasteiger partial charge in [-0.3, -0.25) is 0 Å². The van der Waals surface area contributed by atoms with Crippen molar-refractivity contribution in [1.29, 1.82) is 0 Å². The number of nitrogens with one attached hydrogen (secondary N) is 1. The fourth-order valence-corrected chi connectivity index (χ4v) is 2.13. The second-order valence-corrected chi connectivity index (χ2v) is 5.26. The summed E-state index contributed by atoms with van der Waals surface area (Å²) < 4.78 is 5.71. The number of rotatable bonds is 6. The lowest BCUT2D eigenvalue weighted by molar-refractivity contribution is 0.315. The van der Waals surface area contributed by atoms with Gasteiger partial charge in [-0.2, -0.15) is 0 Å². The van der Waals surface area contributed by atoms with Crippen LogP contribution in [-0.2, 0) is 0 Å². The van der Waals surface area contributed by atoms with Gasteiger partial charge in [0.05, 0.1) is 6.61 Å². The van der Waals surface area contributed by atoms with Gasteiger partial charge >= 0.3 is 0 Å². The van der Waals surface area contributed by atoms with E-state index in [0.717, 1.165) is 25.3 Å². The summed E-state index contributed by atoms with van der Waals surface area (Å²) in [5.41, 5.74) is 5.07. The predicted molar refractivity (Wildman–Crippen MR) is 85.7 cm³/mol. The molecule has 0 atom stereocenters. The Kier molecular flexibility index (Phi) is 5.05. The lowest BCUT2D eigenvalue weighted by atomic mass is 10.1. The maximum Gasteiger partial charge on any atom is 0.119 e. The van der Waals surface area contributed by atoms with Crippen LogP contribution in [0.5, 0.6) is 5.75 Å². The first-order valence-electron chi connectivity index (χ1n) is 7.16. The van der Waals surface area contributed by atoms with Crippen LogP contribution in [0.1, 0.15) is 23.1 Å². The molecule has 0 aliphatic carbocycles. The molecule has 2 aromatic rings. The van der Waals surface area contributed by atoms with E-state index in [1.807, 2.05) is 12.1 Å². The van der Waals surface area contributed by atoms with Gasteiger partial charge in [-0.05, 0) is 51.0 Å². The first-order chi connectivity index (χ1) is 9.65. The SMILES string of the molecule is Cc1ccc(OCCCNc2ccc(C)cc2C)cc1. The van der Waals surface area contributed by atoms with Gasteiger partial charge in [0.1, 0.15) is 5.75 Å². The maximum absolute atomic E-state index is 5.71. The smallest absolute Gasteiger partial charge is 0.119 e. The van der Waals surface area contributed by atoms with E-state index < -0.39 is 0 Å². The summed E-state index contributed by atoms with van der Waals surface area (Å²) in [6, 6.07) is 14.7. The van der Waals surface area contributed by atoms with Gasteiger partial charge in [-0.1, -0.05) is 35.4 Å². The summed E-state index contributed by atoms with van der Waals surface area (Å²) in [4.78, 5) is 0. The molecule has 0 heterocycles. The Morgan fingerprint density at radius 3 is 2.30 bits per heavy atom. The molecule has 1 N–H and O–H groups in total. The third kappa shape index (κ3) is 4.30. The number of benzene rings is 2. The van der Waals surface area contributed by atoms with Gasteiger partial charge in [-0.25, -0.2) is 0 Å². The Morgan fingerprint density at radius 1 is 0.900 bits per heavy atom. The van der Waals surface area contributed by atoms with Gasteiger partial charge in [0.2, 0.25) is 0 Å². The first kappa shape index (κ1) is 14.4. The molecule has 0 aromatic heterocycles. The van der Waals surface area contributed by atoms with Crippen LogP contribution in [0.2, 0.25) is 0 Å². The Morgan fingerprint density at radius 2 is 1.60 bits per heavy atom. The van der Waals surface area contributed by atoms with E-state index in [1.165, 1.54) is 22.4 Å². The fourth-order valence-electron chi connectivity index (χ4n) is 2.13. The number of hydrogen-bond donors (Lipinski definition) is 1. The molecule has 0 amide bonds. The van der Waals surface area contributed by atoms with Gasteiger partial charge in [-0.15, -0.1) is 0 Å². The van der Waals surface area contributed by atoms with Crippen molar-refractivity contribution in [2.75, 3.05) is 18.5 Å². The summed E-state index contributed by atoms with van der Waals surface area (Å²) >= 11 is 0. The van der Waals surface area contributed by atoms with Crippen LogP contribution >= 0.6 is 0 Å². The molecule has 106 valence electrons. The molecule has 0 unspecified atom stereocenters. The molecule has 2 aromatic carbocycles. The zero-order valence-electron chi connectivity index (χ0n) is 12.6. The minimum absolute atomic E-state index is 0.737. The molecule has 0 bridgehead atoms. The Bertz CT molecular complexity index is 546. The van der Waals surface area contributed by atoms with Crippen LogP contribution in [-0.4, -0.2) is 13.2 Å². The van der Waals surface area contributed by atoms with Crippen molar-refractivity contribution < 1.29 is 4.74 Å². The van der Waals surface area contributed by atoms with Crippen molar-refractivity contribution in [1.82, 2.24) is 0 Å². The molecule has 0 saturated heterocycles. The van der Waals surface area contributed by atoms with Crippen molar-refractivity contribution in [2.45, 2.75) is 27.2 Å². The molecule has 0 aliphatic rings. The molecule has 0 radical (unpaired) electrons. The number of aryl methyl sites for hydroxylation is 3. The highest BCUT2D eigenvalue weighted by Crippen LogP contribution is 2.16. The van der Waals surface area contributed by atoms with Gasteiger partial charge in [0, 0.05) is 12.2 Å². The summed E-state index contributed by atoms with van der Waals surface area (Å²) in [7, 11) is 0. The van der Waals surface area contributed by atoms with Crippen molar-refractivity contribution in [2.24, 2.45) is 0 Å². The van der Waals surface area contributed by atoms with E-state index >= 15 is 0 Å². The van der Waals surface area contributed by atoms with Crippen LogP contribution in [0.25, 0.3) is 0 Å². The van der Waals surface area contributed by atoms with Crippen LogP contribution in [0.3, 0.4) is 0 Å². The molecular weight excluding hydrogens is 246 g/mol. The van der Waals surface area contributed by atoms with E-state index in [9.17, 15) is 0 Å². The molecule has 0 aliphatic heterocycles. The van der Waals surface area contributed by atoms with E-state index in [2.05, 4.69) is 56.4 Å². The zero-order chi connectivity index (χ0) is 14.4. The van der Waals surface area contributed by atoms with Gasteiger partial charge < -0.3 is 10.1 Å². The highest BCUT2D eigenvalue weighted by Gasteiger charge is 1.98. The third-order valence-electron chi connectivity index (χ3n) is 3.31. The molecule has 2 rings (SSSR count). The standard InChI is InChI=1S/C18H23NO/c1-14-5-8-17(9-6-14)20-12-4-11-19-18-10-7-15(2)13-16(18)3/h5-10,13,19H,4,11-12H2,1-3H3. The Labute approximate surface area is 121 Å². The number of anilines is 1. The van der Waals surface area contributed by atoms with E-state index in [0.29, 0.717) is 0 Å². The molecule has 2 heteroatoms. The van der Waals surface area contributed by atoms with Crippen LogP contribution < -0.4 is 10.1 Å². The quantitative estimate of drug-likeness (QED) is 0.780. The monoisotopic (exact) mass is 269 g/mol. The number of hydrogen-bond acceptors (Lipinski definition) is 2. The molecule has 0 saturated carbocycles. The van der Waals surface area contributed by atoms with Crippen molar-refractivity contribution in [3.05, 3.63) is 59.2 Å². The topological polar surface area (TPSA) is 21.3 Å². The van der Waals surface area contributed by atoms with E-state index in [1.54, 1.807) is 0 Å². The minimum Gasteiger partial charge on any atom is -0.494 e. The summed E-state index contributed by atoms with van der Waals surface area (Å²) in [5, 5.41) is 3.46. The molecule has 0 fully saturated rings. The predicted octanol–water partition coefficient (Wildman–Crippen LogP) is 4.49. The average Bonchev–Trinajstić information content (AvgIpc) is 2.42. The minimum atomic E-state index is 0.737. The van der Waals surface area contributed by atoms with Gasteiger partial charge in [0.15, 0.2) is 0 Å². The van der Waals surface area contributed by atoms with Crippen LogP contribution in [0, 0.1) is 20.8 Å². The summed E-state index contributed by atoms with van der Waals surface area (Å²) in [6.07, 6.45) is 0.987. The average molecular weight is 269 g/mol. The highest BCUT2D eigenvalue weighted by atomic mass is 16.5. The summed E-state index contributed by atoms with van der Waals surface area (Å²) in [6.45, 7) is 8.00. The van der Waals surface area contributed by atoms with Crippen LogP contribution in [0.4, 0.5) is 5.69 Å². The fraction of sp³-hybridized carbons (Fsp3) is 0.333. The zero-order valence-corrected chi connectivity index (χ0v) is 12.6. The van der Waals surface area contributed by atoms with Crippen molar-refractivity contribution in [3.63, 3.8) is 0 Å². The molecule has 2 nitrogen and oxygen atoms in total. The van der Waals surface area contributed by atoms with Crippen molar-refractivity contribution >= 4 is 5.69 Å².